The predicted molar refractivity (Wildman–Crippen MR) is 129 cm³/mol. The van der Waals surface area contributed by atoms with Crippen LogP contribution in [0.4, 0.5) is 10.1 Å². The Kier molecular flexibility index (Phi) is 8.13. The monoisotopic (exact) mass is 422 g/mol. The highest BCUT2D eigenvalue weighted by Gasteiger charge is 2.21. The van der Waals surface area contributed by atoms with Crippen LogP contribution in [0, 0.1) is 18.7 Å². The zero-order chi connectivity index (χ0) is 22.2. The Balaban J connectivity index is 1.49. The molecule has 0 spiro atoms. The van der Waals surface area contributed by atoms with Crippen LogP contribution in [0.2, 0.25) is 0 Å². The van der Waals surface area contributed by atoms with Crippen molar-refractivity contribution in [1.29, 1.82) is 0 Å². The molecule has 0 amide bonds. The van der Waals surface area contributed by atoms with Crippen molar-refractivity contribution in [3.63, 3.8) is 0 Å². The molecule has 2 aromatic carbocycles. The van der Waals surface area contributed by atoms with Crippen LogP contribution in [0.25, 0.3) is 5.70 Å². The zero-order valence-corrected chi connectivity index (χ0v) is 18.6. The smallest absolute Gasteiger partial charge is 0.132 e. The molecule has 1 fully saturated rings. The molecule has 0 aliphatic carbocycles. The molecule has 2 aromatic rings. The van der Waals surface area contributed by atoms with Gasteiger partial charge in [-0.3, -0.25) is 0 Å². The van der Waals surface area contributed by atoms with E-state index in [9.17, 15) is 4.39 Å². The normalized spacial score (nSPS) is 14.5. The van der Waals surface area contributed by atoms with Crippen molar-refractivity contribution in [3.05, 3.63) is 83.8 Å². The van der Waals surface area contributed by atoms with Crippen LogP contribution in [0.5, 0.6) is 0 Å². The summed E-state index contributed by atoms with van der Waals surface area (Å²) < 4.78 is 14.1. The summed E-state index contributed by atoms with van der Waals surface area (Å²) in [5.41, 5.74) is 17.5. The SMILES string of the molecule is C=CNNCc1c(C)cccc1N1CCC(CCCc2ccc(C(=C)N)c(F)c2)CC1. The van der Waals surface area contributed by atoms with Crippen molar-refractivity contribution in [2.45, 2.75) is 45.6 Å². The van der Waals surface area contributed by atoms with E-state index in [1.807, 2.05) is 6.07 Å². The molecule has 0 bridgehead atoms. The van der Waals surface area contributed by atoms with Crippen LogP contribution in [-0.4, -0.2) is 13.1 Å². The first-order valence-electron chi connectivity index (χ1n) is 11.2. The summed E-state index contributed by atoms with van der Waals surface area (Å²) in [4.78, 5) is 2.52. The third kappa shape index (κ3) is 6.11. The third-order valence-corrected chi connectivity index (χ3v) is 6.27. The number of anilines is 1. The van der Waals surface area contributed by atoms with Crippen LogP contribution < -0.4 is 21.5 Å². The van der Waals surface area contributed by atoms with E-state index in [1.54, 1.807) is 18.3 Å². The Labute approximate surface area is 186 Å². The van der Waals surface area contributed by atoms with Crippen molar-refractivity contribution in [1.82, 2.24) is 10.9 Å². The number of rotatable bonds is 10. The van der Waals surface area contributed by atoms with Gasteiger partial charge in [-0.2, -0.15) is 0 Å². The maximum Gasteiger partial charge on any atom is 0.132 e. The van der Waals surface area contributed by atoms with E-state index in [0.717, 1.165) is 44.0 Å². The van der Waals surface area contributed by atoms with Crippen LogP contribution in [0.1, 0.15) is 47.9 Å². The van der Waals surface area contributed by atoms with Gasteiger partial charge < -0.3 is 16.1 Å². The molecule has 1 saturated heterocycles. The summed E-state index contributed by atoms with van der Waals surface area (Å²) in [6.07, 6.45) is 7.23. The molecule has 0 radical (unpaired) electrons. The van der Waals surface area contributed by atoms with Gasteiger partial charge in [0.05, 0.1) is 0 Å². The fourth-order valence-corrected chi connectivity index (χ4v) is 4.46. The number of hydrogen-bond acceptors (Lipinski definition) is 4. The number of aryl methyl sites for hydroxylation is 2. The summed E-state index contributed by atoms with van der Waals surface area (Å²) in [5.74, 6) is 0.461. The number of nitrogens with two attached hydrogens (primary N) is 1. The number of benzene rings is 2. The Hall–Kier alpha value is -2.79. The van der Waals surface area contributed by atoms with E-state index >= 15 is 0 Å². The van der Waals surface area contributed by atoms with E-state index in [-0.39, 0.29) is 11.5 Å². The first-order chi connectivity index (χ1) is 15.0. The van der Waals surface area contributed by atoms with E-state index in [0.29, 0.717) is 5.56 Å². The van der Waals surface area contributed by atoms with Gasteiger partial charge >= 0.3 is 0 Å². The van der Waals surface area contributed by atoms with Gasteiger partial charge in [-0.05, 0) is 79.8 Å². The number of nitrogens with zero attached hydrogens (tertiary/aromatic N) is 1. The minimum Gasteiger partial charge on any atom is -0.399 e. The topological polar surface area (TPSA) is 53.3 Å². The summed E-state index contributed by atoms with van der Waals surface area (Å²) in [6, 6.07) is 11.8. The van der Waals surface area contributed by atoms with Crippen molar-refractivity contribution in [2.75, 3.05) is 18.0 Å². The fraction of sp³-hybridized carbons (Fsp3) is 0.385. The van der Waals surface area contributed by atoms with Crippen molar-refractivity contribution < 1.29 is 4.39 Å². The zero-order valence-electron chi connectivity index (χ0n) is 18.6. The second-order valence-corrected chi connectivity index (χ2v) is 8.44. The first kappa shape index (κ1) is 22.9. The number of hydrogen-bond donors (Lipinski definition) is 3. The van der Waals surface area contributed by atoms with Crippen LogP contribution in [0.3, 0.4) is 0 Å². The summed E-state index contributed by atoms with van der Waals surface area (Å²) in [6.45, 7) is 12.4. The Morgan fingerprint density at radius 2 is 2.03 bits per heavy atom. The molecular weight excluding hydrogens is 387 g/mol. The summed E-state index contributed by atoms with van der Waals surface area (Å²) >= 11 is 0. The van der Waals surface area contributed by atoms with E-state index in [2.05, 4.69) is 54.0 Å². The minimum atomic E-state index is -0.273. The molecule has 4 nitrogen and oxygen atoms in total. The maximum atomic E-state index is 14.1. The summed E-state index contributed by atoms with van der Waals surface area (Å²) in [5, 5.41) is 0. The van der Waals surface area contributed by atoms with Gasteiger partial charge in [0.2, 0.25) is 0 Å². The first-order valence-corrected chi connectivity index (χ1v) is 11.2. The van der Waals surface area contributed by atoms with Gasteiger partial charge in [0.15, 0.2) is 0 Å². The molecule has 1 heterocycles. The van der Waals surface area contributed by atoms with Gasteiger partial charge in [0, 0.05) is 42.8 Å². The van der Waals surface area contributed by atoms with Gasteiger partial charge in [-0.1, -0.05) is 31.4 Å². The standard InChI is InChI=1S/C26H35FN4/c1-4-29-30-18-24-19(2)7-5-10-26(24)31-15-13-21(14-16-31)8-6-9-22-11-12-23(20(3)28)25(27)17-22/h4-5,7,10-12,17,21,29-30H,1,3,6,8-9,13-16,18,28H2,2H3. The van der Waals surface area contributed by atoms with E-state index in [1.165, 1.54) is 36.1 Å². The average Bonchev–Trinajstić information content (AvgIpc) is 2.75. The quantitative estimate of drug-likeness (QED) is 0.371. The molecular formula is C26H35FN4. The van der Waals surface area contributed by atoms with Gasteiger partial charge in [-0.25, -0.2) is 9.82 Å². The molecule has 1 aliphatic rings. The van der Waals surface area contributed by atoms with Crippen LogP contribution in [0.15, 0.2) is 55.8 Å². The second-order valence-electron chi connectivity index (χ2n) is 8.44. The predicted octanol–water partition coefficient (Wildman–Crippen LogP) is 5.04. The molecule has 31 heavy (non-hydrogen) atoms. The third-order valence-electron chi connectivity index (χ3n) is 6.27. The highest BCUT2D eigenvalue weighted by Crippen LogP contribution is 2.30. The molecule has 166 valence electrons. The van der Waals surface area contributed by atoms with Crippen molar-refractivity contribution in [2.24, 2.45) is 11.7 Å². The van der Waals surface area contributed by atoms with Gasteiger partial charge in [-0.15, -0.1) is 0 Å². The Morgan fingerprint density at radius 1 is 1.26 bits per heavy atom. The lowest BCUT2D eigenvalue weighted by molar-refractivity contribution is 0.372. The molecule has 0 aromatic heterocycles. The molecule has 1 aliphatic heterocycles. The second kappa shape index (κ2) is 11.0. The fourth-order valence-electron chi connectivity index (χ4n) is 4.46. The number of halogens is 1. The number of hydrazine groups is 1. The van der Waals surface area contributed by atoms with Crippen molar-refractivity contribution >= 4 is 11.4 Å². The van der Waals surface area contributed by atoms with Gasteiger partial charge in [0.25, 0.3) is 0 Å². The molecule has 0 unspecified atom stereocenters. The summed E-state index contributed by atoms with van der Waals surface area (Å²) in [7, 11) is 0. The van der Waals surface area contributed by atoms with E-state index < -0.39 is 0 Å². The van der Waals surface area contributed by atoms with Crippen molar-refractivity contribution in [3.8, 4) is 0 Å². The van der Waals surface area contributed by atoms with Crippen LogP contribution >= 0.6 is 0 Å². The molecule has 3 rings (SSSR count). The minimum absolute atomic E-state index is 0.273. The Morgan fingerprint density at radius 3 is 2.71 bits per heavy atom. The number of nitrogens with one attached hydrogen (secondary N) is 2. The molecule has 0 saturated carbocycles. The Bertz CT molecular complexity index is 900. The number of piperidine rings is 1. The highest BCUT2D eigenvalue weighted by atomic mass is 19.1. The lowest BCUT2D eigenvalue weighted by Crippen LogP contribution is -2.35. The highest BCUT2D eigenvalue weighted by molar-refractivity contribution is 5.61. The lowest BCUT2D eigenvalue weighted by Gasteiger charge is -2.35. The largest absolute Gasteiger partial charge is 0.399 e. The average molecular weight is 423 g/mol. The lowest BCUT2D eigenvalue weighted by atomic mass is 9.90. The molecule has 5 heteroatoms. The molecule has 0 atom stereocenters. The van der Waals surface area contributed by atoms with E-state index in [4.69, 9.17) is 5.73 Å². The molecule has 4 N–H and O–H groups in total. The van der Waals surface area contributed by atoms with Gasteiger partial charge in [0.1, 0.15) is 5.82 Å². The maximum absolute atomic E-state index is 14.1. The van der Waals surface area contributed by atoms with Crippen LogP contribution in [-0.2, 0) is 13.0 Å².